The van der Waals surface area contributed by atoms with E-state index in [2.05, 4.69) is 159 Å². The zero-order valence-electron chi connectivity index (χ0n) is 68.6. The number of hydrogen-bond acceptors (Lipinski definition) is 20. The van der Waals surface area contributed by atoms with Crippen LogP contribution in [0.15, 0.2) is 139 Å². The average Bonchev–Trinajstić information content (AvgIpc) is 1.66. The van der Waals surface area contributed by atoms with E-state index in [1.54, 1.807) is 154 Å². The topological polar surface area (TPSA) is 362 Å². The number of amides is 2. The number of nitrogens with one attached hydrogen (secondary N) is 3. The van der Waals surface area contributed by atoms with Crippen LogP contribution in [-0.4, -0.2) is 175 Å². The quantitative estimate of drug-likeness (QED) is 0.0127. The summed E-state index contributed by atoms with van der Waals surface area (Å²) in [5.41, 5.74) is 8.70. The number of hydrogen-bond donors (Lipinski definition) is 8. The van der Waals surface area contributed by atoms with Crippen molar-refractivity contribution < 1.29 is 133 Å². The maximum Gasteiger partial charge on any atom is 0.643 e. The molecule has 6 aromatic carbocycles. The Balaban J connectivity index is -0.000000109. The molecule has 4 aromatic heterocycles. The van der Waals surface area contributed by atoms with Crippen LogP contribution in [0.3, 0.4) is 0 Å². The third-order valence-corrected chi connectivity index (χ3v) is 13.9. The number of furan rings is 4. The minimum Gasteiger partial charge on any atom is -1.00 e. The summed E-state index contributed by atoms with van der Waals surface area (Å²) in [7, 11) is 34.9. The molecule has 0 atom stereocenters. The first-order chi connectivity index (χ1) is 52.8. The van der Waals surface area contributed by atoms with Crippen molar-refractivity contribution in [1.82, 2.24) is 20.4 Å². The van der Waals surface area contributed by atoms with Crippen molar-refractivity contribution in [3.05, 3.63) is 165 Å². The Bertz CT molecular complexity index is 4630. The molecule has 0 aliphatic heterocycles. The number of terminal acetylenes is 1. The molecule has 43 heteroatoms. The van der Waals surface area contributed by atoms with Crippen LogP contribution in [0.25, 0.3) is 43.9 Å². The van der Waals surface area contributed by atoms with Crippen LogP contribution < -0.4 is 40.1 Å². The summed E-state index contributed by atoms with van der Waals surface area (Å²) < 4.78 is 79.5. The summed E-state index contributed by atoms with van der Waals surface area (Å²) in [5.74, 6) is 6.51. The molecule has 10 aromatic rings. The number of phenolic OH excluding ortho intramolecular Hbond substituents is 3. The molecule has 0 spiro atoms. The van der Waals surface area contributed by atoms with Gasteiger partial charge in [0.1, 0.15) is 91.4 Å². The number of carbonyl (C=O) groups is 6. The number of aromatic hydroxyl groups is 3. The van der Waals surface area contributed by atoms with Gasteiger partial charge in [-0.3, -0.25) is 29.4 Å². The molecule has 1 radical (unpaired) electrons. The van der Waals surface area contributed by atoms with Gasteiger partial charge in [0, 0.05) is 160 Å². The number of guanidine groups is 1. The Kier molecular flexibility index (Phi) is 72.8. The van der Waals surface area contributed by atoms with Crippen molar-refractivity contribution in [2.24, 2.45) is 5.73 Å². The fraction of sp³-hybridized carbons (Fsp3) is 0.274. The zero-order chi connectivity index (χ0) is 88.3. The van der Waals surface area contributed by atoms with Crippen molar-refractivity contribution >= 4 is 270 Å². The van der Waals surface area contributed by atoms with Gasteiger partial charge in [0.15, 0.2) is 5.96 Å². The van der Waals surface area contributed by atoms with Gasteiger partial charge in [-0.15, -0.1) is 59.6 Å². The van der Waals surface area contributed by atoms with Gasteiger partial charge in [-0.05, 0) is 178 Å². The van der Waals surface area contributed by atoms with Gasteiger partial charge in [0.05, 0.1) is 55.8 Å². The van der Waals surface area contributed by atoms with Crippen molar-refractivity contribution in [1.29, 1.82) is 5.41 Å². The van der Waals surface area contributed by atoms with Crippen LogP contribution in [0.5, 0.6) is 46.0 Å². The van der Waals surface area contributed by atoms with Gasteiger partial charge in [-0.2, -0.15) is 13.2 Å². The van der Waals surface area contributed by atoms with Gasteiger partial charge in [0.25, 0.3) is 17.1 Å². The minimum absolute atomic E-state index is 0. The van der Waals surface area contributed by atoms with E-state index in [-0.39, 0.29) is 76.6 Å². The number of fused-ring (bicyclic) bond motifs is 4. The Morgan fingerprint density at radius 3 is 1.18 bits per heavy atom. The number of halogens is 15. The van der Waals surface area contributed by atoms with Crippen LogP contribution >= 0.6 is 172 Å². The molecule has 2 amide bonds. The molecule has 10 rings (SSSR count). The zero-order valence-corrected chi connectivity index (χ0v) is 82.0. The van der Waals surface area contributed by atoms with Gasteiger partial charge < -0.3 is 95.1 Å². The van der Waals surface area contributed by atoms with E-state index >= 15 is 0 Å². The fourth-order valence-corrected chi connectivity index (χ4v) is 8.39. The number of aryl methyl sites for hydroxylation is 4. The first kappa shape index (κ1) is 124. The number of benzene rings is 6. The van der Waals surface area contributed by atoms with E-state index < -0.39 is 39.3 Å². The maximum absolute atomic E-state index is 11.7. The largest absolute Gasteiger partial charge is 1.00 e. The summed E-state index contributed by atoms with van der Waals surface area (Å²) in [6, 6.07) is 35.0. The number of aliphatic carboxylic acids is 1. The molecule has 0 aliphatic carbocycles. The molecular formula is C73H94AgAlBBr3Cl6F3I3N6O19-5. The van der Waals surface area contributed by atoms with Crippen molar-refractivity contribution in [3.8, 4) is 58.3 Å². The number of carbonyl (C=O) groups excluding carboxylic acids is 5. The molecule has 0 unspecified atom stereocenters. The molecule has 25 nitrogen and oxygen atoms in total. The summed E-state index contributed by atoms with van der Waals surface area (Å²) in [5, 5.41) is 47.4. The number of rotatable bonds is 9. The second-order valence-electron chi connectivity index (χ2n) is 20.5. The van der Waals surface area contributed by atoms with E-state index in [1.165, 1.54) is 19.2 Å². The Hall–Kier alpha value is -5.41. The summed E-state index contributed by atoms with van der Waals surface area (Å²) in [6.45, 7) is 8.80. The average molecular weight is 2400 g/mol. The summed E-state index contributed by atoms with van der Waals surface area (Å²) in [4.78, 5) is 65.6. The number of alkyl halides is 3. The Morgan fingerprint density at radius 1 is 0.578 bits per heavy atom. The van der Waals surface area contributed by atoms with E-state index in [0.29, 0.717) is 90.5 Å². The van der Waals surface area contributed by atoms with Crippen LogP contribution in [0.4, 0.5) is 13.2 Å². The van der Waals surface area contributed by atoms with E-state index in [0.717, 1.165) is 31.4 Å². The number of nitrogens with two attached hydrogens (primary N) is 1. The second kappa shape index (κ2) is 68.3. The molecule has 657 valence electrons. The first-order valence-electron chi connectivity index (χ1n) is 30.8. The predicted molar refractivity (Wildman–Crippen MR) is 502 cm³/mol. The fourth-order valence-electron chi connectivity index (χ4n) is 7.82. The smallest absolute Gasteiger partial charge is 0.643 e. The van der Waals surface area contributed by atoms with Gasteiger partial charge in [-0.25, -0.2) is 34.9 Å². The predicted octanol–water partition coefficient (Wildman–Crippen LogP) is 22.1. The standard InChI is InChI=1S/C12H13NO3.C11H9ClO3.C11H11NO3.C10H10O2.C7H7IO2.C7H8O2.C5H13N3.C3H4.C2Cl2O2.C2HF3O2.CH5N.2CH4.Ag.Al.BBr3.3ClH.I2.5H/c1-7-11(12(14)13-2)9-5-4-8(15-3)6-10(9)16-7;1-6-10(11(12)13)8-4-3-7(14-2)5-9(8)15-6;1-6-10(11(14)12-2)8-4-3-7(13)5-9(8)15-6;1-7-5-8-3-4-9(11-2)6-10(8)12-7;1-10-5-2-3-6(8)7(9)4-5;1-9-7-4-2-3-6(8)5-7;1-7(2)5(6)8(3)4;1-3-2;3-1(5)2(4)6;3-2(4,5)1(6)7;1-2;;;;;2-1(3)4;;;;1-2;;;;;/h4-6H,1-3H3,(H,13,14);3-5H,1-2H3;3-5,13H,1-2H3,(H,12,14);3-6H,1-2H3;2-4,9H,1H3;2-5,8H,1H3;6H,1-4H3;1H,2H3;;(H,6,7);2H2,1H3;2*1H4;;;;3*1H;;;;;;/q;;;;;;;;;;;;;;+3;;;;;;5*-1/p-3/i;;;;;;;;;;;;;;;;;;;;5*1+1. The number of phenols is 3. The summed E-state index contributed by atoms with van der Waals surface area (Å²) in [6.07, 6.45) is -0.486. The third kappa shape index (κ3) is 50.6. The van der Waals surface area contributed by atoms with E-state index in [1.807, 2.05) is 77.6 Å². The summed E-state index contributed by atoms with van der Waals surface area (Å²) >= 11 is 28.3. The molecule has 9 N–H and O–H groups in total. The van der Waals surface area contributed by atoms with Crippen LogP contribution in [-0.2, 0) is 36.8 Å². The van der Waals surface area contributed by atoms with Crippen LogP contribution in [0.1, 0.15) is 83.0 Å². The number of carboxylic acid groups (broad SMARTS) is 1. The molecule has 0 aliphatic rings. The number of methoxy groups -OCH3 is 5. The van der Waals surface area contributed by atoms with Crippen molar-refractivity contribution in [2.75, 3.05) is 84.9 Å². The van der Waals surface area contributed by atoms with Gasteiger partial charge in [0.2, 0.25) is 0 Å². The second-order valence-corrected chi connectivity index (χ2v) is 35.5. The number of carboxylic acids is 1. The minimum atomic E-state index is -5.08. The molecule has 0 bridgehead atoms. The Morgan fingerprint density at radius 2 is 0.879 bits per heavy atom. The number of ether oxygens (including phenoxy) is 5. The van der Waals surface area contributed by atoms with E-state index in [9.17, 15) is 42.3 Å². The Labute approximate surface area is 789 Å². The van der Waals surface area contributed by atoms with Gasteiger partial charge >= 0.3 is 37.2 Å². The van der Waals surface area contributed by atoms with Crippen LogP contribution in [0.2, 0.25) is 0 Å². The van der Waals surface area contributed by atoms with E-state index in [4.69, 9.17) is 109 Å². The first-order valence-corrected chi connectivity index (χ1v) is 47.3. The van der Waals surface area contributed by atoms with Crippen LogP contribution in [0, 0.1) is 49.0 Å². The van der Waals surface area contributed by atoms with Crippen molar-refractivity contribution in [3.63, 3.8) is 0 Å². The molecule has 116 heavy (non-hydrogen) atoms. The normalized spacial score (nSPS) is 9.07. The van der Waals surface area contributed by atoms with Crippen molar-refractivity contribution in [2.45, 2.75) is 55.6 Å². The maximum atomic E-state index is 11.7. The van der Waals surface area contributed by atoms with Gasteiger partial charge in [-0.1, -0.05) is 20.9 Å². The molecular weight excluding hydrogens is 2300 g/mol. The third-order valence-electron chi connectivity index (χ3n) is 12.4. The number of nitrogens with zero attached hydrogens (tertiary/aromatic N) is 2. The molecule has 0 saturated heterocycles. The monoisotopic (exact) mass is 2390 g/mol. The molecule has 4 heterocycles. The SMILES string of the molecule is BrB(Br)Br.C.C.C#CC.CN.CN(C)C(=N)N(C)C.CNC(=O)c1c(C)oc2cc(O)ccc12.CNC(=O)c1c(C)oc2cc(OC)ccc12.COc1ccc(I)c(O)c1.COc1ccc2c(C(=O)Cl)c(C)oc2c1.COc1ccc2cc(C)oc2c1.COc1cccc(O)c1.II.O=C(Cl)C(=O)Cl.O=C(O)C(F)(F)F.[2H-].[2H-].[2H-].[2H-].[2H-].[Ag].[Cl][Al]([Cl])[Cl]. The molecule has 0 fully saturated rings. The molecule has 0 saturated carbocycles.